The summed E-state index contributed by atoms with van der Waals surface area (Å²) in [6, 6.07) is 8.52. The van der Waals surface area contributed by atoms with Crippen molar-refractivity contribution in [2.45, 2.75) is 0 Å². The molecule has 1 rings (SSSR count). The zero-order valence-electron chi connectivity index (χ0n) is 10.2. The lowest BCUT2D eigenvalue weighted by molar-refractivity contribution is 0.583. The molecular formula is C10H16N2O4S2. The summed E-state index contributed by atoms with van der Waals surface area (Å²) in [5, 5.41) is 0. The Morgan fingerprint density at radius 1 is 1.06 bits per heavy atom. The van der Waals surface area contributed by atoms with Gasteiger partial charge < -0.3 is 0 Å². The first-order valence-electron chi connectivity index (χ1n) is 5.17. The summed E-state index contributed by atoms with van der Waals surface area (Å²) in [4.78, 5) is 0. The van der Waals surface area contributed by atoms with Crippen molar-refractivity contribution < 1.29 is 16.8 Å². The molecule has 0 unspecified atom stereocenters. The number of anilines is 1. The zero-order chi connectivity index (χ0) is 13.8. The van der Waals surface area contributed by atoms with Crippen LogP contribution in [0.5, 0.6) is 0 Å². The Balaban J connectivity index is 2.83. The second-order valence-electron chi connectivity index (χ2n) is 3.84. The molecule has 0 spiro atoms. The van der Waals surface area contributed by atoms with E-state index < -0.39 is 20.0 Å². The highest BCUT2D eigenvalue weighted by atomic mass is 32.2. The van der Waals surface area contributed by atoms with Gasteiger partial charge in [0.1, 0.15) is 0 Å². The van der Waals surface area contributed by atoms with Gasteiger partial charge in [-0.2, -0.15) is 0 Å². The maximum absolute atomic E-state index is 11.6. The van der Waals surface area contributed by atoms with Gasteiger partial charge in [-0.05, 0) is 12.1 Å². The Morgan fingerprint density at radius 2 is 1.61 bits per heavy atom. The van der Waals surface area contributed by atoms with E-state index in [1.54, 1.807) is 30.3 Å². The monoisotopic (exact) mass is 292 g/mol. The maximum Gasteiger partial charge on any atom is 0.232 e. The van der Waals surface area contributed by atoms with E-state index in [4.69, 9.17) is 0 Å². The molecule has 0 aliphatic carbocycles. The Kier molecular flexibility index (Phi) is 4.71. The van der Waals surface area contributed by atoms with E-state index in [0.29, 0.717) is 5.69 Å². The highest BCUT2D eigenvalue weighted by Gasteiger charge is 2.17. The van der Waals surface area contributed by atoms with Gasteiger partial charge in [-0.15, -0.1) is 0 Å². The van der Waals surface area contributed by atoms with Gasteiger partial charge in [-0.1, -0.05) is 18.2 Å². The number of sulfonamides is 2. The van der Waals surface area contributed by atoms with Gasteiger partial charge in [-0.3, -0.25) is 4.31 Å². The van der Waals surface area contributed by atoms with Crippen molar-refractivity contribution in [3.8, 4) is 0 Å². The minimum atomic E-state index is -3.44. The smallest absolute Gasteiger partial charge is 0.232 e. The quantitative estimate of drug-likeness (QED) is 0.800. The molecular weight excluding hydrogens is 276 g/mol. The van der Waals surface area contributed by atoms with Gasteiger partial charge in [0.2, 0.25) is 20.0 Å². The molecule has 0 aromatic heterocycles. The summed E-state index contributed by atoms with van der Waals surface area (Å²) in [6.07, 6.45) is 2.11. The SMILES string of the molecule is CS(=O)(=O)NCCN(c1ccccc1)S(C)(=O)=O. The molecule has 0 fully saturated rings. The third-order valence-corrected chi connectivity index (χ3v) is 4.05. The van der Waals surface area contributed by atoms with Crippen LogP contribution in [0.2, 0.25) is 0 Å². The molecule has 0 amide bonds. The third kappa shape index (κ3) is 5.03. The van der Waals surface area contributed by atoms with Crippen LogP contribution < -0.4 is 9.03 Å². The van der Waals surface area contributed by atoms with Crippen LogP contribution in [0.25, 0.3) is 0 Å². The van der Waals surface area contributed by atoms with E-state index in [2.05, 4.69) is 4.72 Å². The Morgan fingerprint density at radius 3 is 2.06 bits per heavy atom. The first-order valence-corrected chi connectivity index (χ1v) is 8.91. The second-order valence-corrected chi connectivity index (χ2v) is 7.58. The molecule has 18 heavy (non-hydrogen) atoms. The molecule has 0 radical (unpaired) electrons. The van der Waals surface area contributed by atoms with Crippen LogP contribution in [0.3, 0.4) is 0 Å². The van der Waals surface area contributed by atoms with E-state index in [-0.39, 0.29) is 13.1 Å². The van der Waals surface area contributed by atoms with Crippen molar-refractivity contribution >= 4 is 25.7 Å². The number of rotatable bonds is 6. The van der Waals surface area contributed by atoms with Crippen molar-refractivity contribution in [2.24, 2.45) is 0 Å². The van der Waals surface area contributed by atoms with E-state index in [1.807, 2.05) is 0 Å². The molecule has 0 saturated heterocycles. The number of nitrogens with one attached hydrogen (secondary N) is 1. The first kappa shape index (κ1) is 14.9. The molecule has 0 heterocycles. The van der Waals surface area contributed by atoms with Gasteiger partial charge in [0.15, 0.2) is 0 Å². The van der Waals surface area contributed by atoms with Crippen LogP contribution in [0.4, 0.5) is 5.69 Å². The normalized spacial score (nSPS) is 12.3. The number of benzene rings is 1. The number of hydrogen-bond donors (Lipinski definition) is 1. The van der Waals surface area contributed by atoms with Crippen LogP contribution in [-0.2, 0) is 20.0 Å². The highest BCUT2D eigenvalue weighted by Crippen LogP contribution is 2.15. The number of hydrogen-bond acceptors (Lipinski definition) is 4. The lowest BCUT2D eigenvalue weighted by Gasteiger charge is -2.22. The van der Waals surface area contributed by atoms with Crippen LogP contribution in [-0.4, -0.2) is 42.4 Å². The first-order chi connectivity index (χ1) is 8.20. The van der Waals surface area contributed by atoms with Crippen molar-refractivity contribution in [2.75, 3.05) is 29.9 Å². The molecule has 1 aromatic carbocycles. The molecule has 0 atom stereocenters. The lowest BCUT2D eigenvalue weighted by atomic mass is 10.3. The van der Waals surface area contributed by atoms with E-state index in [9.17, 15) is 16.8 Å². The van der Waals surface area contributed by atoms with Gasteiger partial charge in [0, 0.05) is 13.1 Å². The van der Waals surface area contributed by atoms with Crippen LogP contribution in [0.15, 0.2) is 30.3 Å². The summed E-state index contributed by atoms with van der Waals surface area (Å²) in [7, 11) is -6.76. The molecule has 6 nitrogen and oxygen atoms in total. The molecule has 8 heteroatoms. The fourth-order valence-electron chi connectivity index (χ4n) is 1.41. The lowest BCUT2D eigenvalue weighted by Crippen LogP contribution is -2.37. The average Bonchev–Trinajstić information content (AvgIpc) is 2.22. The summed E-state index contributed by atoms with van der Waals surface area (Å²) in [6.45, 7) is 0.0801. The molecule has 0 aliphatic heterocycles. The Labute approximate surface area is 108 Å². The molecule has 0 bridgehead atoms. The molecule has 1 aromatic rings. The maximum atomic E-state index is 11.6. The Hall–Kier alpha value is -1.12. The van der Waals surface area contributed by atoms with Crippen LogP contribution in [0.1, 0.15) is 0 Å². The van der Waals surface area contributed by atoms with Gasteiger partial charge >= 0.3 is 0 Å². The van der Waals surface area contributed by atoms with Crippen molar-refractivity contribution in [1.29, 1.82) is 0 Å². The van der Waals surface area contributed by atoms with Crippen molar-refractivity contribution in [1.82, 2.24) is 4.72 Å². The largest absolute Gasteiger partial charge is 0.269 e. The van der Waals surface area contributed by atoms with Crippen LogP contribution in [0, 0.1) is 0 Å². The molecule has 102 valence electrons. The summed E-state index contributed by atoms with van der Waals surface area (Å²) >= 11 is 0. The topological polar surface area (TPSA) is 83.6 Å². The minimum Gasteiger partial charge on any atom is -0.269 e. The van der Waals surface area contributed by atoms with Gasteiger partial charge in [-0.25, -0.2) is 21.6 Å². The zero-order valence-corrected chi connectivity index (χ0v) is 11.8. The van der Waals surface area contributed by atoms with Crippen molar-refractivity contribution in [3.63, 3.8) is 0 Å². The number of nitrogens with zero attached hydrogens (tertiary/aromatic N) is 1. The highest BCUT2D eigenvalue weighted by molar-refractivity contribution is 7.92. The fourth-order valence-corrected chi connectivity index (χ4v) is 2.80. The summed E-state index contributed by atoms with van der Waals surface area (Å²) in [5.41, 5.74) is 0.510. The van der Waals surface area contributed by atoms with Gasteiger partial charge in [0.05, 0.1) is 18.2 Å². The van der Waals surface area contributed by atoms with E-state index >= 15 is 0 Å². The van der Waals surface area contributed by atoms with Gasteiger partial charge in [0.25, 0.3) is 0 Å². The second kappa shape index (κ2) is 5.68. The predicted molar refractivity (Wildman–Crippen MR) is 71.5 cm³/mol. The Bertz CT molecular complexity index is 582. The van der Waals surface area contributed by atoms with E-state index in [0.717, 1.165) is 16.8 Å². The molecule has 1 N–H and O–H groups in total. The van der Waals surface area contributed by atoms with Crippen molar-refractivity contribution in [3.05, 3.63) is 30.3 Å². The molecule has 0 aliphatic rings. The third-order valence-electron chi connectivity index (χ3n) is 2.12. The average molecular weight is 292 g/mol. The predicted octanol–water partition coefficient (Wildman–Crippen LogP) is 0.00180. The summed E-state index contributed by atoms with van der Waals surface area (Å²) in [5.74, 6) is 0. The molecule has 0 saturated carbocycles. The fraction of sp³-hybridized carbons (Fsp3) is 0.400. The standard InChI is InChI=1S/C10H16N2O4S2/c1-17(13,14)11-8-9-12(18(2,15)16)10-6-4-3-5-7-10/h3-7,11H,8-9H2,1-2H3. The van der Waals surface area contributed by atoms with Crippen LogP contribution >= 0.6 is 0 Å². The number of para-hydroxylation sites is 1. The summed E-state index contributed by atoms with van der Waals surface area (Å²) < 4.78 is 48.5. The van der Waals surface area contributed by atoms with E-state index in [1.165, 1.54) is 0 Å². The minimum absolute atomic E-state index is 0.0286.